The maximum Gasteiger partial charge on any atom is 0.223 e. The Hall–Kier alpha value is -1.68. The predicted octanol–water partition coefficient (Wildman–Crippen LogP) is 2.44. The number of β-amino-alcohol motifs (C(OH)–C–C–N with tert-alkyl or cyclic N) is 1. The third-order valence-electron chi connectivity index (χ3n) is 4.00. The van der Waals surface area contributed by atoms with Gasteiger partial charge in [0, 0.05) is 31.5 Å². The molecule has 22 heavy (non-hydrogen) atoms. The monoisotopic (exact) mass is 303 g/mol. The molecule has 0 unspecified atom stereocenters. The number of aliphatic hydroxyl groups is 1. The van der Waals surface area contributed by atoms with E-state index in [0.29, 0.717) is 31.0 Å². The Morgan fingerprint density at radius 3 is 2.45 bits per heavy atom. The van der Waals surface area contributed by atoms with Crippen LogP contribution in [0.25, 0.3) is 0 Å². The zero-order chi connectivity index (χ0) is 16.1. The zero-order valence-electron chi connectivity index (χ0n) is 13.4. The Labute approximate surface area is 132 Å². The fraction of sp³-hybridized carbons (Fsp3) is 0.556. The highest BCUT2D eigenvalue weighted by atomic mass is 16.3. The van der Waals surface area contributed by atoms with Gasteiger partial charge in [0.25, 0.3) is 0 Å². The molecule has 120 valence electrons. The van der Waals surface area contributed by atoms with Crippen LogP contribution in [0.15, 0.2) is 24.3 Å². The first-order valence-electron chi connectivity index (χ1n) is 8.03. The minimum absolute atomic E-state index is 0.00388. The van der Waals surface area contributed by atoms with Gasteiger partial charge in [0.05, 0.1) is 6.10 Å². The quantitative estimate of drug-likeness (QED) is 0.821. The van der Waals surface area contributed by atoms with Crippen molar-refractivity contribution in [2.24, 2.45) is 5.92 Å². The largest absolute Gasteiger partial charge is 0.391 e. The first-order valence-corrected chi connectivity index (χ1v) is 8.03. The molecule has 1 aliphatic heterocycles. The lowest BCUT2D eigenvalue weighted by Gasteiger charge is -2.15. The van der Waals surface area contributed by atoms with Gasteiger partial charge >= 0.3 is 0 Å². The number of likely N-dealkylation sites (tertiary alicyclic amines) is 1. The highest BCUT2D eigenvalue weighted by Gasteiger charge is 2.24. The van der Waals surface area contributed by atoms with Gasteiger partial charge in [0.1, 0.15) is 0 Å². The van der Waals surface area contributed by atoms with Crippen molar-refractivity contribution >= 4 is 11.7 Å². The molecular weight excluding hydrogens is 278 g/mol. The molecule has 4 nitrogen and oxygen atoms in total. The van der Waals surface area contributed by atoms with Crippen LogP contribution in [-0.2, 0) is 11.2 Å². The molecule has 1 fully saturated rings. The lowest BCUT2D eigenvalue weighted by atomic mass is 9.99. The molecule has 0 saturated carbocycles. The number of carbonyl (C=O) groups excluding carboxylic acids is 2. The molecule has 0 aromatic heterocycles. The zero-order valence-corrected chi connectivity index (χ0v) is 13.4. The molecule has 0 bridgehead atoms. The molecule has 1 atom stereocenters. The van der Waals surface area contributed by atoms with Gasteiger partial charge < -0.3 is 10.0 Å². The topological polar surface area (TPSA) is 57.6 Å². The van der Waals surface area contributed by atoms with E-state index in [1.165, 1.54) is 5.56 Å². The molecule has 1 aliphatic rings. The molecule has 4 heteroatoms. The molecule has 1 aromatic carbocycles. The van der Waals surface area contributed by atoms with Gasteiger partial charge in [-0.3, -0.25) is 9.59 Å². The Balaban J connectivity index is 1.83. The van der Waals surface area contributed by atoms with Crippen molar-refractivity contribution in [1.29, 1.82) is 0 Å². The van der Waals surface area contributed by atoms with E-state index in [1.807, 2.05) is 24.3 Å². The van der Waals surface area contributed by atoms with E-state index in [4.69, 9.17) is 0 Å². The van der Waals surface area contributed by atoms with Gasteiger partial charge in [-0.15, -0.1) is 0 Å². The average molecular weight is 303 g/mol. The molecule has 0 spiro atoms. The van der Waals surface area contributed by atoms with Crippen LogP contribution in [0, 0.1) is 5.92 Å². The fourth-order valence-corrected chi connectivity index (χ4v) is 2.79. The summed E-state index contributed by atoms with van der Waals surface area (Å²) in [6, 6.07) is 7.69. The normalized spacial score (nSPS) is 18.0. The van der Waals surface area contributed by atoms with Gasteiger partial charge in [-0.1, -0.05) is 38.1 Å². The van der Waals surface area contributed by atoms with Crippen molar-refractivity contribution in [3.05, 3.63) is 35.4 Å². The van der Waals surface area contributed by atoms with Crippen molar-refractivity contribution in [1.82, 2.24) is 4.90 Å². The molecule has 0 radical (unpaired) electrons. The molecule has 0 aliphatic carbocycles. The van der Waals surface area contributed by atoms with Crippen LogP contribution in [0.4, 0.5) is 0 Å². The summed E-state index contributed by atoms with van der Waals surface area (Å²) in [4.78, 5) is 25.7. The van der Waals surface area contributed by atoms with E-state index in [1.54, 1.807) is 4.90 Å². The minimum Gasteiger partial charge on any atom is -0.391 e. The summed E-state index contributed by atoms with van der Waals surface area (Å²) in [5, 5.41) is 9.43. The van der Waals surface area contributed by atoms with Crippen LogP contribution in [-0.4, -0.2) is 40.9 Å². The maximum absolute atomic E-state index is 12.1. The van der Waals surface area contributed by atoms with Crippen LogP contribution in [0.2, 0.25) is 0 Å². The minimum atomic E-state index is -0.409. The highest BCUT2D eigenvalue weighted by Crippen LogP contribution is 2.14. The number of carbonyl (C=O) groups is 2. The Morgan fingerprint density at radius 2 is 1.91 bits per heavy atom. The third kappa shape index (κ3) is 4.67. The number of rotatable bonds is 6. The van der Waals surface area contributed by atoms with Gasteiger partial charge in [0.2, 0.25) is 5.91 Å². The van der Waals surface area contributed by atoms with Gasteiger partial charge in [-0.05, 0) is 24.3 Å². The summed E-state index contributed by atoms with van der Waals surface area (Å²) >= 11 is 0. The Bertz CT molecular complexity index is 522. The van der Waals surface area contributed by atoms with Crippen molar-refractivity contribution < 1.29 is 14.7 Å². The van der Waals surface area contributed by atoms with Crippen molar-refractivity contribution in [2.75, 3.05) is 13.1 Å². The third-order valence-corrected chi connectivity index (χ3v) is 4.00. The number of hydrogen-bond donors (Lipinski definition) is 1. The summed E-state index contributed by atoms with van der Waals surface area (Å²) in [5.74, 6) is 0.556. The van der Waals surface area contributed by atoms with Crippen LogP contribution >= 0.6 is 0 Å². The SMILES string of the molecule is CC(C)Cc1ccc(C(=O)CCC(=O)N2CC[C@@H](O)C2)cc1. The second-order valence-electron chi connectivity index (χ2n) is 6.50. The lowest BCUT2D eigenvalue weighted by Crippen LogP contribution is -2.29. The number of amides is 1. The molecular formula is C18H25NO3. The summed E-state index contributed by atoms with van der Waals surface area (Å²) < 4.78 is 0. The molecule has 1 aromatic rings. The summed E-state index contributed by atoms with van der Waals surface area (Å²) in [6.07, 6.45) is 1.68. The number of hydrogen-bond acceptors (Lipinski definition) is 3. The van der Waals surface area contributed by atoms with Crippen LogP contribution < -0.4 is 0 Å². The van der Waals surface area contributed by atoms with Crippen LogP contribution in [0.1, 0.15) is 49.0 Å². The smallest absolute Gasteiger partial charge is 0.223 e. The maximum atomic E-state index is 12.1. The van der Waals surface area contributed by atoms with Gasteiger partial charge in [-0.2, -0.15) is 0 Å². The Morgan fingerprint density at radius 1 is 1.23 bits per heavy atom. The first kappa shape index (κ1) is 16.7. The molecule has 1 heterocycles. The first-order chi connectivity index (χ1) is 10.5. The van der Waals surface area contributed by atoms with Crippen molar-refractivity contribution in [2.45, 2.75) is 45.6 Å². The number of ketones is 1. The number of benzene rings is 1. The molecule has 2 rings (SSSR count). The second-order valence-corrected chi connectivity index (χ2v) is 6.50. The summed E-state index contributed by atoms with van der Waals surface area (Å²) in [6.45, 7) is 5.33. The van der Waals surface area contributed by atoms with Crippen LogP contribution in [0.5, 0.6) is 0 Å². The van der Waals surface area contributed by atoms with E-state index in [-0.39, 0.29) is 24.5 Å². The number of Topliss-reactive ketones (excluding diaryl/α,β-unsaturated/α-hetero) is 1. The molecule has 1 N–H and O–H groups in total. The number of aliphatic hydroxyl groups excluding tert-OH is 1. The van der Waals surface area contributed by atoms with Crippen LogP contribution in [0.3, 0.4) is 0 Å². The van der Waals surface area contributed by atoms with E-state index >= 15 is 0 Å². The second kappa shape index (κ2) is 7.54. The standard InChI is InChI=1S/C18H25NO3/c1-13(2)11-14-3-5-15(6-4-14)17(21)7-8-18(22)19-10-9-16(20)12-19/h3-6,13,16,20H,7-12H2,1-2H3/t16-/m1/s1. The fourth-order valence-electron chi connectivity index (χ4n) is 2.79. The van der Waals surface area contributed by atoms with Gasteiger partial charge in [-0.25, -0.2) is 0 Å². The van der Waals surface area contributed by atoms with Crippen molar-refractivity contribution in [3.8, 4) is 0 Å². The molecule has 1 saturated heterocycles. The highest BCUT2D eigenvalue weighted by molar-refractivity contribution is 5.98. The predicted molar refractivity (Wildman–Crippen MR) is 85.8 cm³/mol. The van der Waals surface area contributed by atoms with E-state index < -0.39 is 6.10 Å². The van der Waals surface area contributed by atoms with E-state index in [2.05, 4.69) is 13.8 Å². The van der Waals surface area contributed by atoms with E-state index in [9.17, 15) is 14.7 Å². The summed E-state index contributed by atoms with van der Waals surface area (Å²) in [7, 11) is 0. The lowest BCUT2D eigenvalue weighted by molar-refractivity contribution is -0.130. The Kier molecular flexibility index (Phi) is 5.72. The van der Waals surface area contributed by atoms with E-state index in [0.717, 1.165) is 6.42 Å². The molecule has 1 amide bonds. The number of nitrogens with zero attached hydrogens (tertiary/aromatic N) is 1. The van der Waals surface area contributed by atoms with Crippen molar-refractivity contribution in [3.63, 3.8) is 0 Å². The van der Waals surface area contributed by atoms with Gasteiger partial charge in [0.15, 0.2) is 5.78 Å². The summed E-state index contributed by atoms with van der Waals surface area (Å²) in [5.41, 5.74) is 1.90. The average Bonchev–Trinajstić information content (AvgIpc) is 2.91.